The molecule has 0 spiro atoms. The highest BCUT2D eigenvalue weighted by Crippen LogP contribution is 2.18. The van der Waals surface area contributed by atoms with Gasteiger partial charge >= 0.3 is 5.97 Å². The molecule has 1 aromatic heterocycles. The van der Waals surface area contributed by atoms with Crippen molar-refractivity contribution in [1.29, 1.82) is 0 Å². The van der Waals surface area contributed by atoms with Gasteiger partial charge in [-0.15, -0.1) is 0 Å². The summed E-state index contributed by atoms with van der Waals surface area (Å²) >= 11 is 3.20. The number of nitrogens with zero attached hydrogens (tertiary/aromatic N) is 2. The van der Waals surface area contributed by atoms with E-state index in [1.807, 2.05) is 0 Å². The average molecular weight is 405 g/mol. The molecule has 1 aliphatic rings. The minimum atomic E-state index is -3.08. The first-order valence-electron chi connectivity index (χ1n) is 7.10. The fraction of sp³-hybridized carbons (Fsp3) is 0.500. The zero-order chi connectivity index (χ0) is 17.0. The lowest BCUT2D eigenvalue weighted by molar-refractivity contribution is -0.136. The van der Waals surface area contributed by atoms with Crippen molar-refractivity contribution >= 4 is 37.6 Å². The van der Waals surface area contributed by atoms with E-state index in [4.69, 9.17) is 4.74 Å². The molecular formula is C14H17BrN2O5S. The summed E-state index contributed by atoms with van der Waals surface area (Å²) in [5, 5.41) is 0. The van der Waals surface area contributed by atoms with Crippen LogP contribution >= 0.6 is 15.9 Å². The maximum Gasteiger partial charge on any atom is 0.340 e. The van der Waals surface area contributed by atoms with Gasteiger partial charge in [0.05, 0.1) is 17.1 Å². The van der Waals surface area contributed by atoms with Crippen LogP contribution in [-0.4, -0.2) is 60.9 Å². The first-order valence-corrected chi connectivity index (χ1v) is 9.71. The summed E-state index contributed by atoms with van der Waals surface area (Å²) in [7, 11) is -3.08. The van der Waals surface area contributed by atoms with Crippen LogP contribution in [0.15, 0.2) is 22.9 Å². The van der Waals surface area contributed by atoms with Gasteiger partial charge in [0.2, 0.25) is 0 Å². The molecule has 0 N–H and O–H groups in total. The van der Waals surface area contributed by atoms with Crippen molar-refractivity contribution in [3.63, 3.8) is 0 Å². The van der Waals surface area contributed by atoms with Crippen molar-refractivity contribution in [3.05, 3.63) is 28.5 Å². The molecular weight excluding hydrogens is 388 g/mol. The monoisotopic (exact) mass is 404 g/mol. The molecule has 1 amide bonds. The molecule has 2 rings (SSSR count). The molecule has 0 bridgehead atoms. The van der Waals surface area contributed by atoms with Gasteiger partial charge in [0, 0.05) is 29.5 Å². The predicted octanol–water partition coefficient (Wildman–Crippen LogP) is 1.04. The van der Waals surface area contributed by atoms with Gasteiger partial charge in [0.15, 0.2) is 16.4 Å². The van der Waals surface area contributed by atoms with E-state index >= 15 is 0 Å². The van der Waals surface area contributed by atoms with Crippen LogP contribution in [0.4, 0.5) is 0 Å². The minimum Gasteiger partial charge on any atom is -0.452 e. The number of amides is 1. The summed E-state index contributed by atoms with van der Waals surface area (Å²) in [5.74, 6) is -0.991. The molecule has 126 valence electrons. The maximum atomic E-state index is 12.2. The lowest BCUT2D eigenvalue weighted by Gasteiger charge is -2.26. The molecule has 2 heterocycles. The largest absolute Gasteiger partial charge is 0.452 e. The second-order valence-electron chi connectivity index (χ2n) is 5.20. The topological polar surface area (TPSA) is 93.6 Å². The first-order chi connectivity index (χ1) is 10.8. The summed E-state index contributed by atoms with van der Waals surface area (Å²) in [6, 6.07) is 1.20. The highest BCUT2D eigenvalue weighted by molar-refractivity contribution is 9.10. The lowest BCUT2D eigenvalue weighted by atomic mass is 10.2. The van der Waals surface area contributed by atoms with E-state index in [2.05, 4.69) is 20.9 Å². The number of rotatable bonds is 5. The standard InChI is InChI=1S/C14H17BrN2O5S/c1-2-17(12-3-4-23(20,21)9-12)13(18)8-22-14(19)10-5-11(15)7-16-6-10/h5-7,12H,2-4,8-9H2,1H3/t12-/m1/s1. The van der Waals surface area contributed by atoms with Crippen LogP contribution in [0.3, 0.4) is 0 Å². The molecule has 0 radical (unpaired) electrons. The molecule has 1 saturated heterocycles. The third kappa shape index (κ3) is 4.74. The fourth-order valence-corrected chi connectivity index (χ4v) is 4.57. The Labute approximate surface area is 143 Å². The van der Waals surface area contributed by atoms with Crippen LogP contribution in [0.2, 0.25) is 0 Å². The Balaban J connectivity index is 1.94. The van der Waals surface area contributed by atoms with E-state index in [9.17, 15) is 18.0 Å². The number of hydrogen-bond acceptors (Lipinski definition) is 6. The van der Waals surface area contributed by atoms with Crippen molar-refractivity contribution in [1.82, 2.24) is 9.88 Å². The normalized spacial score (nSPS) is 19.3. The number of sulfone groups is 1. The van der Waals surface area contributed by atoms with E-state index in [1.165, 1.54) is 17.3 Å². The Kier molecular flexibility index (Phi) is 5.74. The molecule has 7 nitrogen and oxygen atoms in total. The SMILES string of the molecule is CCN(C(=O)COC(=O)c1cncc(Br)c1)[C@@H]1CCS(=O)(=O)C1. The highest BCUT2D eigenvalue weighted by Gasteiger charge is 2.34. The predicted molar refractivity (Wildman–Crippen MR) is 86.7 cm³/mol. The summed E-state index contributed by atoms with van der Waals surface area (Å²) < 4.78 is 28.7. The molecule has 1 aliphatic heterocycles. The van der Waals surface area contributed by atoms with Crippen molar-refractivity contribution < 1.29 is 22.7 Å². The van der Waals surface area contributed by atoms with Crippen LogP contribution in [0.25, 0.3) is 0 Å². The molecule has 0 aromatic carbocycles. The van der Waals surface area contributed by atoms with Crippen molar-refractivity contribution in [3.8, 4) is 0 Å². The van der Waals surface area contributed by atoms with Gasteiger partial charge in [-0.25, -0.2) is 13.2 Å². The van der Waals surface area contributed by atoms with Crippen LogP contribution in [0.1, 0.15) is 23.7 Å². The zero-order valence-corrected chi connectivity index (χ0v) is 15.0. The van der Waals surface area contributed by atoms with E-state index in [0.29, 0.717) is 17.4 Å². The zero-order valence-electron chi connectivity index (χ0n) is 12.6. The Morgan fingerprint density at radius 1 is 1.43 bits per heavy atom. The molecule has 1 aromatic rings. The number of carbonyl (C=O) groups is 2. The van der Waals surface area contributed by atoms with Crippen LogP contribution in [-0.2, 0) is 19.4 Å². The molecule has 23 heavy (non-hydrogen) atoms. The Morgan fingerprint density at radius 3 is 2.74 bits per heavy atom. The van der Waals surface area contributed by atoms with Crippen molar-refractivity contribution in [2.24, 2.45) is 0 Å². The van der Waals surface area contributed by atoms with E-state index in [1.54, 1.807) is 13.0 Å². The van der Waals surface area contributed by atoms with E-state index in [-0.39, 0.29) is 23.1 Å². The van der Waals surface area contributed by atoms with Gasteiger partial charge in [-0.2, -0.15) is 0 Å². The first kappa shape index (κ1) is 17.9. The van der Waals surface area contributed by atoms with Crippen molar-refractivity contribution in [2.75, 3.05) is 24.7 Å². The van der Waals surface area contributed by atoms with E-state index in [0.717, 1.165) is 0 Å². The van der Waals surface area contributed by atoms with Gasteiger partial charge in [-0.05, 0) is 35.3 Å². The number of likely N-dealkylation sites (N-methyl/N-ethyl adjacent to an activating group) is 1. The molecule has 0 saturated carbocycles. The molecule has 0 unspecified atom stereocenters. The van der Waals surface area contributed by atoms with Crippen LogP contribution in [0, 0.1) is 0 Å². The summed E-state index contributed by atoms with van der Waals surface area (Å²) in [6.07, 6.45) is 3.30. The average Bonchev–Trinajstić information content (AvgIpc) is 2.85. The highest BCUT2D eigenvalue weighted by atomic mass is 79.9. The number of esters is 1. The number of halogens is 1. The summed E-state index contributed by atoms with van der Waals surface area (Å²) in [6.45, 7) is 1.72. The summed E-state index contributed by atoms with van der Waals surface area (Å²) in [5.41, 5.74) is 0.235. The smallest absolute Gasteiger partial charge is 0.340 e. The number of aromatic nitrogens is 1. The molecule has 9 heteroatoms. The Morgan fingerprint density at radius 2 is 2.17 bits per heavy atom. The van der Waals surface area contributed by atoms with Gasteiger partial charge in [-0.3, -0.25) is 9.78 Å². The van der Waals surface area contributed by atoms with Crippen LogP contribution < -0.4 is 0 Å². The number of pyridine rings is 1. The second kappa shape index (κ2) is 7.39. The Hall–Kier alpha value is -1.48. The number of ether oxygens (including phenoxy) is 1. The Bertz CT molecular complexity index is 707. The van der Waals surface area contributed by atoms with Gasteiger partial charge in [0.25, 0.3) is 5.91 Å². The molecule has 0 aliphatic carbocycles. The quantitative estimate of drug-likeness (QED) is 0.680. The third-order valence-corrected chi connectivity index (χ3v) is 5.76. The van der Waals surface area contributed by atoms with Crippen molar-refractivity contribution in [2.45, 2.75) is 19.4 Å². The van der Waals surface area contributed by atoms with Gasteiger partial charge < -0.3 is 9.64 Å². The number of carbonyl (C=O) groups excluding carboxylic acids is 2. The minimum absolute atomic E-state index is 0.0317. The summed E-state index contributed by atoms with van der Waals surface area (Å²) in [4.78, 5) is 29.4. The lowest BCUT2D eigenvalue weighted by Crippen LogP contribution is -2.43. The second-order valence-corrected chi connectivity index (χ2v) is 8.35. The van der Waals surface area contributed by atoms with E-state index < -0.39 is 28.3 Å². The molecule has 1 atom stereocenters. The van der Waals surface area contributed by atoms with Gasteiger partial charge in [0.1, 0.15) is 0 Å². The molecule has 1 fully saturated rings. The van der Waals surface area contributed by atoms with Crippen LogP contribution in [0.5, 0.6) is 0 Å². The maximum absolute atomic E-state index is 12.2. The third-order valence-electron chi connectivity index (χ3n) is 3.58. The number of hydrogen-bond donors (Lipinski definition) is 0. The fourth-order valence-electron chi connectivity index (χ4n) is 2.48. The van der Waals surface area contributed by atoms with Gasteiger partial charge in [-0.1, -0.05) is 0 Å².